The summed E-state index contributed by atoms with van der Waals surface area (Å²) in [6.45, 7) is 0. The average Bonchev–Trinajstić information content (AvgIpc) is 3.53. The molecule has 0 unspecified atom stereocenters. The molecule has 13 rings (SSSR count). The van der Waals surface area contributed by atoms with Crippen LogP contribution in [0.5, 0.6) is 0 Å². The molecule has 0 N–H and O–H groups in total. The molecule has 8 aromatic carbocycles. The molecule has 0 aliphatic heterocycles. The molecule has 4 fully saturated rings. The molecule has 0 aromatic heterocycles. The van der Waals surface area contributed by atoms with Gasteiger partial charge in [-0.25, -0.2) is 0 Å². The quantitative estimate of drug-likeness (QED) is 0.172. The Morgan fingerprint density at radius 3 is 1.76 bits per heavy atom. The summed E-state index contributed by atoms with van der Waals surface area (Å²) in [6.07, 6.45) is 7.09. The molecular formula is C54H43N. The highest BCUT2D eigenvalue weighted by atomic mass is 15.1. The summed E-state index contributed by atoms with van der Waals surface area (Å²) < 4.78 is 0. The fourth-order valence-corrected chi connectivity index (χ4v) is 12.3. The van der Waals surface area contributed by atoms with Gasteiger partial charge in [-0.05, 0) is 153 Å². The molecule has 5 aliphatic carbocycles. The van der Waals surface area contributed by atoms with E-state index >= 15 is 0 Å². The van der Waals surface area contributed by atoms with Crippen LogP contribution in [0.15, 0.2) is 176 Å². The van der Waals surface area contributed by atoms with E-state index in [0.717, 1.165) is 29.4 Å². The van der Waals surface area contributed by atoms with Crippen molar-refractivity contribution in [3.05, 3.63) is 187 Å². The first kappa shape index (κ1) is 31.4. The highest BCUT2D eigenvalue weighted by molar-refractivity contribution is 6.00. The van der Waals surface area contributed by atoms with Crippen molar-refractivity contribution >= 4 is 38.6 Å². The van der Waals surface area contributed by atoms with Gasteiger partial charge in [0.1, 0.15) is 0 Å². The normalized spacial score (nSPS) is 23.0. The molecule has 0 atom stereocenters. The smallest absolute Gasteiger partial charge is 0.0540 e. The number of hydrogen-bond donors (Lipinski definition) is 0. The van der Waals surface area contributed by atoms with Crippen molar-refractivity contribution in [2.75, 3.05) is 4.90 Å². The number of rotatable bonds is 5. The van der Waals surface area contributed by atoms with Gasteiger partial charge in [-0.3, -0.25) is 0 Å². The second-order valence-corrected chi connectivity index (χ2v) is 16.9. The fourth-order valence-electron chi connectivity index (χ4n) is 12.3. The van der Waals surface area contributed by atoms with Gasteiger partial charge in [0, 0.05) is 22.2 Å². The van der Waals surface area contributed by atoms with Crippen molar-refractivity contribution in [2.45, 2.75) is 37.5 Å². The van der Waals surface area contributed by atoms with Crippen LogP contribution in [-0.4, -0.2) is 0 Å². The van der Waals surface area contributed by atoms with Crippen molar-refractivity contribution in [3.63, 3.8) is 0 Å². The molecule has 55 heavy (non-hydrogen) atoms. The van der Waals surface area contributed by atoms with E-state index < -0.39 is 0 Å². The van der Waals surface area contributed by atoms with Crippen molar-refractivity contribution in [2.24, 2.45) is 23.7 Å². The van der Waals surface area contributed by atoms with E-state index in [9.17, 15) is 0 Å². The van der Waals surface area contributed by atoms with E-state index in [1.807, 2.05) is 0 Å². The molecule has 0 heterocycles. The zero-order chi connectivity index (χ0) is 36.1. The molecule has 0 saturated heterocycles. The lowest BCUT2D eigenvalue weighted by molar-refractivity contribution is -0.0399. The van der Waals surface area contributed by atoms with E-state index in [1.165, 1.54) is 98.4 Å². The van der Waals surface area contributed by atoms with Gasteiger partial charge in [-0.2, -0.15) is 0 Å². The summed E-state index contributed by atoms with van der Waals surface area (Å²) in [6, 6.07) is 66.2. The summed E-state index contributed by atoms with van der Waals surface area (Å²) in [5, 5.41) is 5.03. The van der Waals surface area contributed by atoms with Gasteiger partial charge in [0.15, 0.2) is 0 Å². The maximum atomic E-state index is 2.62. The predicted molar refractivity (Wildman–Crippen MR) is 230 cm³/mol. The minimum absolute atomic E-state index is 0.160. The Bertz CT molecular complexity index is 2750. The monoisotopic (exact) mass is 705 g/mol. The zero-order valence-corrected chi connectivity index (χ0v) is 31.0. The lowest BCUT2D eigenvalue weighted by atomic mass is 9.43. The van der Waals surface area contributed by atoms with Gasteiger partial charge in [-0.15, -0.1) is 0 Å². The lowest BCUT2D eigenvalue weighted by Crippen LogP contribution is -2.55. The molecule has 1 heteroatoms. The second kappa shape index (κ2) is 12.0. The Balaban J connectivity index is 0.993. The number of hydrogen-bond acceptors (Lipinski definition) is 1. The van der Waals surface area contributed by atoms with Crippen LogP contribution < -0.4 is 4.90 Å². The van der Waals surface area contributed by atoms with E-state index in [2.05, 4.69) is 181 Å². The Morgan fingerprint density at radius 2 is 0.964 bits per heavy atom. The van der Waals surface area contributed by atoms with Crippen LogP contribution in [0.25, 0.3) is 54.9 Å². The average molecular weight is 706 g/mol. The molecule has 1 spiro atoms. The van der Waals surface area contributed by atoms with Gasteiger partial charge < -0.3 is 4.90 Å². The van der Waals surface area contributed by atoms with E-state index in [0.29, 0.717) is 0 Å². The van der Waals surface area contributed by atoms with E-state index in [-0.39, 0.29) is 5.41 Å². The van der Waals surface area contributed by atoms with Gasteiger partial charge in [0.25, 0.3) is 0 Å². The Morgan fingerprint density at radius 1 is 0.382 bits per heavy atom. The zero-order valence-electron chi connectivity index (χ0n) is 31.0. The fraction of sp³-hybridized carbons (Fsp3) is 0.185. The minimum atomic E-state index is 0.160. The Hall–Kier alpha value is -5.92. The summed E-state index contributed by atoms with van der Waals surface area (Å²) in [7, 11) is 0. The lowest BCUT2D eigenvalue weighted by Gasteiger charge is -2.61. The van der Waals surface area contributed by atoms with Crippen molar-refractivity contribution in [1.29, 1.82) is 0 Å². The molecule has 0 amide bonds. The topological polar surface area (TPSA) is 3.24 Å². The van der Waals surface area contributed by atoms with Crippen LogP contribution in [0.1, 0.15) is 43.2 Å². The summed E-state index contributed by atoms with van der Waals surface area (Å²) in [4.78, 5) is 2.46. The van der Waals surface area contributed by atoms with Crippen molar-refractivity contribution in [1.82, 2.24) is 0 Å². The van der Waals surface area contributed by atoms with Gasteiger partial charge in [-0.1, -0.05) is 140 Å². The molecule has 5 aliphatic rings. The third-order valence-corrected chi connectivity index (χ3v) is 14.2. The van der Waals surface area contributed by atoms with Gasteiger partial charge >= 0.3 is 0 Å². The standard InChI is InChI=1S/C54H43N/c1-3-16-46-37(10-1)12-8-19-47(46)39-22-25-44(26-23-39)55(53-21-9-13-38-11-2-4-17-48(38)53)45-15-7-14-40(33-45)41-24-27-50-49-18-5-6-20-51(49)54(52(50)34-41)42-29-35-28-36(31-42)32-43(54)30-35/h1-27,33-36,42-43H,28-32H2. The van der Waals surface area contributed by atoms with Crippen LogP contribution in [0.4, 0.5) is 17.1 Å². The number of benzene rings is 8. The van der Waals surface area contributed by atoms with E-state index in [4.69, 9.17) is 0 Å². The van der Waals surface area contributed by atoms with Crippen LogP contribution in [0.3, 0.4) is 0 Å². The first-order chi connectivity index (χ1) is 27.2. The molecule has 0 radical (unpaired) electrons. The number of anilines is 3. The Labute approximate surface area is 323 Å². The van der Waals surface area contributed by atoms with E-state index in [1.54, 1.807) is 11.1 Å². The molecule has 4 saturated carbocycles. The molecule has 264 valence electrons. The second-order valence-electron chi connectivity index (χ2n) is 16.9. The highest BCUT2D eigenvalue weighted by Gasteiger charge is 2.61. The minimum Gasteiger partial charge on any atom is -0.310 e. The molecule has 1 nitrogen and oxygen atoms in total. The summed E-state index contributed by atoms with van der Waals surface area (Å²) >= 11 is 0. The molecular weight excluding hydrogens is 663 g/mol. The maximum Gasteiger partial charge on any atom is 0.0540 e. The third-order valence-electron chi connectivity index (χ3n) is 14.2. The third kappa shape index (κ3) is 4.66. The van der Waals surface area contributed by atoms with Gasteiger partial charge in [0.05, 0.1) is 5.69 Å². The predicted octanol–water partition coefficient (Wildman–Crippen LogP) is 14.5. The number of nitrogens with zero attached hydrogens (tertiary/aromatic N) is 1. The maximum absolute atomic E-state index is 2.62. The first-order valence-electron chi connectivity index (χ1n) is 20.4. The number of fused-ring (bicyclic) bond motifs is 5. The van der Waals surface area contributed by atoms with Crippen LogP contribution in [0, 0.1) is 23.7 Å². The molecule has 8 aromatic rings. The Kier molecular flexibility index (Phi) is 6.88. The highest BCUT2D eigenvalue weighted by Crippen LogP contribution is 2.69. The van der Waals surface area contributed by atoms with Crippen LogP contribution >= 0.6 is 0 Å². The van der Waals surface area contributed by atoms with Crippen LogP contribution in [-0.2, 0) is 5.41 Å². The SMILES string of the molecule is c1cc(-c2ccc3c(c2)C2(c4ccccc4-3)C3CC4CC(C3)CC2C4)cc(N(c2ccc(-c3cccc4ccccc34)cc2)c2cccc3ccccc23)c1. The van der Waals surface area contributed by atoms with Crippen molar-refractivity contribution < 1.29 is 0 Å². The van der Waals surface area contributed by atoms with Crippen molar-refractivity contribution in [3.8, 4) is 33.4 Å². The molecule has 4 bridgehead atoms. The summed E-state index contributed by atoms with van der Waals surface area (Å²) in [5.74, 6) is 3.38. The summed E-state index contributed by atoms with van der Waals surface area (Å²) in [5.41, 5.74) is 14.9. The largest absolute Gasteiger partial charge is 0.310 e. The van der Waals surface area contributed by atoms with Gasteiger partial charge in [0.2, 0.25) is 0 Å². The first-order valence-corrected chi connectivity index (χ1v) is 20.4. The van der Waals surface area contributed by atoms with Crippen LogP contribution in [0.2, 0.25) is 0 Å².